The summed E-state index contributed by atoms with van der Waals surface area (Å²) in [7, 11) is 1.60. The molecule has 0 bridgehead atoms. The van der Waals surface area contributed by atoms with E-state index in [1.165, 1.54) is 4.90 Å². The minimum Gasteiger partial charge on any atom is -0.481 e. The zero-order valence-corrected chi connectivity index (χ0v) is 12.6. The second-order valence-electron chi connectivity index (χ2n) is 4.74. The number of carbonyl (C=O) groups is 1. The SMILES string of the molecule is CN(Cc1cccc(Cl)c1)C(=O)COc1ccc(F)cc1F. The van der Waals surface area contributed by atoms with E-state index < -0.39 is 11.6 Å². The molecule has 0 N–H and O–H groups in total. The highest BCUT2D eigenvalue weighted by Gasteiger charge is 2.12. The van der Waals surface area contributed by atoms with E-state index in [1.54, 1.807) is 25.2 Å². The molecule has 3 nitrogen and oxygen atoms in total. The minimum absolute atomic E-state index is 0.161. The Morgan fingerprint density at radius 1 is 1.23 bits per heavy atom. The summed E-state index contributed by atoms with van der Waals surface area (Å²) in [4.78, 5) is 13.4. The summed E-state index contributed by atoms with van der Waals surface area (Å²) in [6.45, 7) is 0.0221. The molecular formula is C16H14ClF2NO2. The summed E-state index contributed by atoms with van der Waals surface area (Å²) in [6.07, 6.45) is 0. The largest absolute Gasteiger partial charge is 0.481 e. The van der Waals surface area contributed by atoms with Crippen molar-refractivity contribution in [2.75, 3.05) is 13.7 Å². The molecule has 0 atom stereocenters. The predicted molar refractivity (Wildman–Crippen MR) is 79.8 cm³/mol. The van der Waals surface area contributed by atoms with Crippen molar-refractivity contribution >= 4 is 17.5 Å². The summed E-state index contributed by atoms with van der Waals surface area (Å²) < 4.78 is 31.2. The molecule has 0 heterocycles. The molecule has 0 radical (unpaired) electrons. The van der Waals surface area contributed by atoms with Gasteiger partial charge in [-0.2, -0.15) is 0 Å². The number of halogens is 3. The first-order valence-electron chi connectivity index (χ1n) is 6.52. The number of carbonyl (C=O) groups excluding carboxylic acids is 1. The Labute approximate surface area is 132 Å². The quantitative estimate of drug-likeness (QED) is 0.839. The van der Waals surface area contributed by atoms with Crippen molar-refractivity contribution in [3.05, 3.63) is 64.7 Å². The van der Waals surface area contributed by atoms with E-state index in [0.717, 1.165) is 17.7 Å². The van der Waals surface area contributed by atoms with Crippen molar-refractivity contribution in [2.24, 2.45) is 0 Å². The normalized spacial score (nSPS) is 10.4. The van der Waals surface area contributed by atoms with E-state index in [1.807, 2.05) is 6.07 Å². The molecule has 0 spiro atoms. The van der Waals surface area contributed by atoms with Gasteiger partial charge in [-0.15, -0.1) is 0 Å². The van der Waals surface area contributed by atoms with Crippen LogP contribution in [-0.2, 0) is 11.3 Å². The standard InChI is InChI=1S/C16H14ClF2NO2/c1-20(9-11-3-2-4-12(17)7-11)16(21)10-22-15-6-5-13(18)8-14(15)19/h2-8H,9-10H2,1H3. The zero-order valence-electron chi connectivity index (χ0n) is 11.9. The van der Waals surface area contributed by atoms with Crippen molar-refractivity contribution in [3.8, 4) is 5.75 Å². The molecule has 0 aliphatic rings. The highest BCUT2D eigenvalue weighted by atomic mass is 35.5. The van der Waals surface area contributed by atoms with Crippen LogP contribution in [0.5, 0.6) is 5.75 Å². The van der Waals surface area contributed by atoms with Crippen LogP contribution in [0, 0.1) is 11.6 Å². The van der Waals surface area contributed by atoms with Crippen LogP contribution in [0.3, 0.4) is 0 Å². The second-order valence-corrected chi connectivity index (χ2v) is 5.18. The fraction of sp³-hybridized carbons (Fsp3) is 0.188. The van der Waals surface area contributed by atoms with Crippen molar-refractivity contribution < 1.29 is 18.3 Å². The van der Waals surface area contributed by atoms with Gasteiger partial charge in [0.15, 0.2) is 18.2 Å². The Balaban J connectivity index is 1.91. The van der Waals surface area contributed by atoms with Gasteiger partial charge in [-0.1, -0.05) is 23.7 Å². The van der Waals surface area contributed by atoms with E-state index in [2.05, 4.69) is 0 Å². The highest BCUT2D eigenvalue weighted by molar-refractivity contribution is 6.30. The summed E-state index contributed by atoms with van der Waals surface area (Å²) >= 11 is 5.88. The maximum atomic E-state index is 13.4. The van der Waals surface area contributed by atoms with Gasteiger partial charge in [-0.25, -0.2) is 8.78 Å². The monoisotopic (exact) mass is 325 g/mol. The fourth-order valence-corrected chi connectivity index (χ4v) is 2.05. The molecule has 0 aliphatic heterocycles. The molecule has 22 heavy (non-hydrogen) atoms. The third-order valence-electron chi connectivity index (χ3n) is 2.98. The second kappa shape index (κ2) is 7.22. The topological polar surface area (TPSA) is 29.5 Å². The smallest absolute Gasteiger partial charge is 0.260 e. The first-order chi connectivity index (χ1) is 10.5. The summed E-state index contributed by atoms with van der Waals surface area (Å²) in [5.74, 6) is -2.03. The first kappa shape index (κ1) is 16.2. The lowest BCUT2D eigenvalue weighted by Gasteiger charge is -2.18. The molecular weight excluding hydrogens is 312 g/mol. The van der Waals surface area contributed by atoms with Gasteiger partial charge in [0, 0.05) is 24.7 Å². The van der Waals surface area contributed by atoms with Crippen LogP contribution in [0.15, 0.2) is 42.5 Å². The summed E-state index contributed by atoms with van der Waals surface area (Å²) in [5, 5.41) is 0.586. The van der Waals surface area contributed by atoms with E-state index in [4.69, 9.17) is 16.3 Å². The van der Waals surface area contributed by atoms with Crippen molar-refractivity contribution in [1.29, 1.82) is 0 Å². The number of hydrogen-bond acceptors (Lipinski definition) is 2. The van der Waals surface area contributed by atoms with Crippen LogP contribution in [-0.4, -0.2) is 24.5 Å². The lowest BCUT2D eigenvalue weighted by atomic mass is 10.2. The molecule has 0 saturated heterocycles. The van der Waals surface area contributed by atoms with Gasteiger partial charge in [-0.05, 0) is 29.8 Å². The van der Waals surface area contributed by atoms with E-state index in [0.29, 0.717) is 17.6 Å². The molecule has 0 saturated carbocycles. The Kier molecular flexibility index (Phi) is 5.33. The third kappa shape index (κ3) is 4.43. The molecule has 116 valence electrons. The number of ether oxygens (including phenoxy) is 1. The minimum atomic E-state index is -0.842. The molecule has 0 fully saturated rings. The van der Waals surface area contributed by atoms with Gasteiger partial charge < -0.3 is 9.64 Å². The van der Waals surface area contributed by atoms with Crippen LogP contribution in [0.25, 0.3) is 0 Å². The molecule has 2 aromatic rings. The predicted octanol–water partition coefficient (Wildman–Crippen LogP) is 3.66. The van der Waals surface area contributed by atoms with Crippen LogP contribution < -0.4 is 4.74 Å². The summed E-state index contributed by atoms with van der Waals surface area (Å²) in [5.41, 5.74) is 0.872. The van der Waals surface area contributed by atoms with Crippen molar-refractivity contribution in [2.45, 2.75) is 6.54 Å². The van der Waals surface area contributed by atoms with Crippen LogP contribution in [0.2, 0.25) is 5.02 Å². The van der Waals surface area contributed by atoms with Crippen molar-refractivity contribution in [3.63, 3.8) is 0 Å². The van der Waals surface area contributed by atoms with E-state index in [9.17, 15) is 13.6 Å². The van der Waals surface area contributed by atoms with Crippen LogP contribution in [0.1, 0.15) is 5.56 Å². The maximum absolute atomic E-state index is 13.4. The molecule has 0 aromatic heterocycles. The Bertz CT molecular complexity index is 679. The average Bonchev–Trinajstić information content (AvgIpc) is 2.46. The maximum Gasteiger partial charge on any atom is 0.260 e. The molecule has 0 unspecified atom stereocenters. The number of nitrogens with zero attached hydrogens (tertiary/aromatic N) is 1. The fourth-order valence-electron chi connectivity index (χ4n) is 1.84. The summed E-state index contributed by atoms with van der Waals surface area (Å²) in [6, 6.07) is 10.1. The van der Waals surface area contributed by atoms with Gasteiger partial charge in [0.2, 0.25) is 0 Å². The number of likely N-dealkylation sites (N-methyl/N-ethyl adjacent to an activating group) is 1. The molecule has 1 amide bonds. The first-order valence-corrected chi connectivity index (χ1v) is 6.90. The van der Waals surface area contributed by atoms with Gasteiger partial charge in [0.1, 0.15) is 5.82 Å². The average molecular weight is 326 g/mol. The lowest BCUT2D eigenvalue weighted by Crippen LogP contribution is -2.31. The van der Waals surface area contributed by atoms with E-state index >= 15 is 0 Å². The molecule has 2 aromatic carbocycles. The van der Waals surface area contributed by atoms with Crippen LogP contribution in [0.4, 0.5) is 8.78 Å². The Hall–Kier alpha value is -2.14. The number of rotatable bonds is 5. The van der Waals surface area contributed by atoms with Gasteiger partial charge in [0.25, 0.3) is 5.91 Å². The Morgan fingerprint density at radius 2 is 2.00 bits per heavy atom. The molecule has 2 rings (SSSR count). The van der Waals surface area contributed by atoms with Gasteiger partial charge in [0.05, 0.1) is 0 Å². The van der Waals surface area contributed by atoms with Gasteiger partial charge >= 0.3 is 0 Å². The third-order valence-corrected chi connectivity index (χ3v) is 3.21. The van der Waals surface area contributed by atoms with Gasteiger partial charge in [-0.3, -0.25) is 4.79 Å². The highest BCUT2D eigenvalue weighted by Crippen LogP contribution is 2.18. The number of benzene rings is 2. The van der Waals surface area contributed by atoms with Crippen LogP contribution >= 0.6 is 11.6 Å². The molecule has 6 heteroatoms. The zero-order chi connectivity index (χ0) is 16.1. The number of amides is 1. The van der Waals surface area contributed by atoms with E-state index in [-0.39, 0.29) is 18.3 Å². The molecule has 0 aliphatic carbocycles. The van der Waals surface area contributed by atoms with Crippen molar-refractivity contribution in [1.82, 2.24) is 4.90 Å². The number of hydrogen-bond donors (Lipinski definition) is 0. The Morgan fingerprint density at radius 3 is 2.68 bits per heavy atom. The lowest BCUT2D eigenvalue weighted by molar-refractivity contribution is -0.132.